The Morgan fingerprint density at radius 2 is 1.52 bits per heavy atom. The van der Waals surface area contributed by atoms with Gasteiger partial charge in [0.25, 0.3) is 8.32 Å². The third-order valence-corrected chi connectivity index (χ3v) is 11.1. The summed E-state index contributed by atoms with van der Waals surface area (Å²) in [6.45, 7) is 9.20. The minimum Gasteiger partial charge on any atom is -0.466 e. The predicted molar refractivity (Wildman–Crippen MR) is 121 cm³/mol. The fourth-order valence-electron chi connectivity index (χ4n) is 4.67. The van der Waals surface area contributed by atoms with Crippen LogP contribution in [-0.4, -0.2) is 27.0 Å². The van der Waals surface area contributed by atoms with E-state index in [2.05, 4.69) is 81.4 Å². The molecule has 0 N–H and O–H groups in total. The third-order valence-electron chi connectivity index (χ3n) is 6.01. The van der Waals surface area contributed by atoms with Crippen molar-refractivity contribution in [1.82, 2.24) is 0 Å². The molecule has 29 heavy (non-hydrogen) atoms. The predicted octanol–water partition coefficient (Wildman–Crippen LogP) is 4.68. The number of carbonyl (C=O) groups excluding carboxylic acids is 1. The van der Waals surface area contributed by atoms with E-state index in [-0.39, 0.29) is 23.0 Å². The maximum atomic E-state index is 12.4. The van der Waals surface area contributed by atoms with Gasteiger partial charge in [0, 0.05) is 6.10 Å². The molecule has 0 aliphatic heterocycles. The quantitative estimate of drug-likeness (QED) is 0.512. The number of carbonyl (C=O) groups is 1. The highest BCUT2D eigenvalue weighted by Gasteiger charge is 2.51. The third kappa shape index (κ3) is 4.64. The Balaban J connectivity index is 2.01. The van der Waals surface area contributed by atoms with Crippen LogP contribution in [0.5, 0.6) is 0 Å². The summed E-state index contributed by atoms with van der Waals surface area (Å²) in [5.41, 5.74) is 0. The van der Waals surface area contributed by atoms with E-state index in [1.165, 1.54) is 10.4 Å². The normalized spacial score (nSPS) is 20.3. The fourth-order valence-corrected chi connectivity index (χ4v) is 9.40. The summed E-state index contributed by atoms with van der Waals surface area (Å²) in [6, 6.07) is 21.4. The minimum absolute atomic E-state index is 0.0490. The highest BCUT2D eigenvalue weighted by atomic mass is 28.4. The van der Waals surface area contributed by atoms with Crippen LogP contribution in [-0.2, 0) is 14.0 Å². The molecule has 2 atom stereocenters. The molecule has 2 unspecified atom stereocenters. The fraction of sp³-hybridized carbons (Fsp3) is 0.480. The van der Waals surface area contributed by atoms with Gasteiger partial charge in [0.1, 0.15) is 0 Å². The van der Waals surface area contributed by atoms with Crippen molar-refractivity contribution in [1.29, 1.82) is 0 Å². The Labute approximate surface area is 176 Å². The van der Waals surface area contributed by atoms with E-state index in [1.807, 2.05) is 6.92 Å². The molecule has 0 heterocycles. The van der Waals surface area contributed by atoms with Crippen molar-refractivity contribution >= 4 is 24.7 Å². The summed E-state index contributed by atoms with van der Waals surface area (Å²) in [6.07, 6.45) is 3.74. The van der Waals surface area contributed by atoms with Gasteiger partial charge in [0.05, 0.1) is 12.5 Å². The second-order valence-electron chi connectivity index (χ2n) is 9.02. The maximum absolute atomic E-state index is 12.4. The van der Waals surface area contributed by atoms with Gasteiger partial charge in [-0.15, -0.1) is 0 Å². The van der Waals surface area contributed by atoms with Crippen LogP contribution in [0.25, 0.3) is 0 Å². The summed E-state index contributed by atoms with van der Waals surface area (Å²) in [5.74, 6) is -0.116. The molecule has 3 rings (SSSR count). The van der Waals surface area contributed by atoms with Crippen LogP contribution in [0.15, 0.2) is 60.7 Å². The zero-order valence-corrected chi connectivity index (χ0v) is 19.2. The lowest BCUT2D eigenvalue weighted by atomic mass is 9.87. The number of rotatable bonds is 6. The summed E-state index contributed by atoms with van der Waals surface area (Å²) >= 11 is 0. The molecule has 1 aliphatic carbocycles. The lowest BCUT2D eigenvalue weighted by molar-refractivity contribution is -0.150. The average molecular weight is 411 g/mol. The summed E-state index contributed by atoms with van der Waals surface area (Å²) in [5, 5.41) is 2.53. The molecule has 0 amide bonds. The molecule has 4 heteroatoms. The van der Waals surface area contributed by atoms with E-state index in [9.17, 15) is 4.79 Å². The van der Waals surface area contributed by atoms with Gasteiger partial charge in [0.2, 0.25) is 0 Å². The average Bonchev–Trinajstić information content (AvgIpc) is 2.73. The largest absolute Gasteiger partial charge is 0.466 e. The minimum atomic E-state index is -2.57. The molecule has 0 bridgehead atoms. The Morgan fingerprint density at radius 3 is 2.00 bits per heavy atom. The first-order valence-corrected chi connectivity index (χ1v) is 12.7. The van der Waals surface area contributed by atoms with Crippen molar-refractivity contribution in [3.63, 3.8) is 0 Å². The summed E-state index contributed by atoms with van der Waals surface area (Å²) < 4.78 is 12.5. The van der Waals surface area contributed by atoms with Crippen molar-refractivity contribution in [2.45, 2.75) is 64.5 Å². The van der Waals surface area contributed by atoms with Crippen LogP contribution in [0.4, 0.5) is 0 Å². The van der Waals surface area contributed by atoms with Gasteiger partial charge in [-0.1, -0.05) is 87.9 Å². The first-order valence-electron chi connectivity index (χ1n) is 10.8. The molecule has 0 radical (unpaired) electrons. The van der Waals surface area contributed by atoms with E-state index >= 15 is 0 Å². The standard InChI is InChI=1S/C25H34O3Si/c1-5-27-24(26)20-13-12-14-21(19-20)28-29(25(2,3)4,22-15-8-6-9-16-22)23-17-10-7-11-18-23/h6-11,15-18,20-21H,5,12-14,19H2,1-4H3. The molecule has 3 nitrogen and oxygen atoms in total. The van der Waals surface area contributed by atoms with Gasteiger partial charge in [-0.25, -0.2) is 0 Å². The van der Waals surface area contributed by atoms with Crippen molar-refractivity contribution in [2.75, 3.05) is 6.61 Å². The zero-order valence-electron chi connectivity index (χ0n) is 18.2. The van der Waals surface area contributed by atoms with E-state index in [0.29, 0.717) is 6.61 Å². The van der Waals surface area contributed by atoms with E-state index in [0.717, 1.165) is 25.7 Å². The van der Waals surface area contributed by atoms with E-state index < -0.39 is 8.32 Å². The van der Waals surface area contributed by atoms with Gasteiger partial charge < -0.3 is 9.16 Å². The van der Waals surface area contributed by atoms with Gasteiger partial charge in [-0.2, -0.15) is 0 Å². The van der Waals surface area contributed by atoms with Gasteiger partial charge in [-0.05, 0) is 41.6 Å². The van der Waals surface area contributed by atoms with Crippen LogP contribution >= 0.6 is 0 Å². The Hall–Kier alpha value is -1.91. The number of benzene rings is 2. The first-order chi connectivity index (χ1) is 13.9. The second-order valence-corrected chi connectivity index (χ2v) is 13.3. The number of hydrogen-bond acceptors (Lipinski definition) is 3. The molecule has 2 aromatic carbocycles. The lowest BCUT2D eigenvalue weighted by Gasteiger charge is -2.46. The number of hydrogen-bond donors (Lipinski definition) is 0. The number of esters is 1. The van der Waals surface area contributed by atoms with Crippen LogP contribution in [0, 0.1) is 5.92 Å². The van der Waals surface area contributed by atoms with Gasteiger partial charge in [-0.3, -0.25) is 4.79 Å². The van der Waals surface area contributed by atoms with Crippen LogP contribution in [0.3, 0.4) is 0 Å². The van der Waals surface area contributed by atoms with Crippen molar-refractivity contribution < 1.29 is 14.0 Å². The molecule has 1 saturated carbocycles. The Kier molecular flexibility index (Phi) is 6.96. The zero-order chi connectivity index (χ0) is 20.9. The van der Waals surface area contributed by atoms with E-state index in [1.54, 1.807) is 0 Å². The number of ether oxygens (including phenoxy) is 1. The molecule has 1 aliphatic rings. The highest BCUT2D eigenvalue weighted by Crippen LogP contribution is 2.40. The molecule has 0 spiro atoms. The molecular weight excluding hydrogens is 376 g/mol. The Bertz CT molecular complexity index is 743. The second kappa shape index (κ2) is 9.27. The lowest BCUT2D eigenvalue weighted by Crippen LogP contribution is -2.68. The molecule has 156 valence electrons. The monoisotopic (exact) mass is 410 g/mol. The Morgan fingerprint density at radius 1 is 0.966 bits per heavy atom. The maximum Gasteiger partial charge on any atom is 0.309 e. The first kappa shape index (κ1) is 21.8. The van der Waals surface area contributed by atoms with E-state index in [4.69, 9.17) is 9.16 Å². The molecular formula is C25H34O3Si. The van der Waals surface area contributed by atoms with Crippen LogP contribution in [0.2, 0.25) is 5.04 Å². The molecule has 0 aromatic heterocycles. The smallest absolute Gasteiger partial charge is 0.309 e. The molecule has 0 saturated heterocycles. The van der Waals surface area contributed by atoms with Crippen molar-refractivity contribution in [2.24, 2.45) is 5.92 Å². The van der Waals surface area contributed by atoms with Crippen molar-refractivity contribution in [3.05, 3.63) is 60.7 Å². The molecule has 1 fully saturated rings. The summed E-state index contributed by atoms with van der Waals surface area (Å²) in [7, 11) is -2.57. The van der Waals surface area contributed by atoms with Gasteiger partial charge >= 0.3 is 5.97 Å². The molecule has 2 aromatic rings. The SMILES string of the molecule is CCOC(=O)C1CCCC(O[Si](c2ccccc2)(c2ccccc2)C(C)(C)C)C1. The van der Waals surface area contributed by atoms with Gasteiger partial charge in [0.15, 0.2) is 0 Å². The topological polar surface area (TPSA) is 35.5 Å². The van der Waals surface area contributed by atoms with Crippen LogP contribution in [0.1, 0.15) is 53.4 Å². The highest BCUT2D eigenvalue weighted by molar-refractivity contribution is 6.99. The van der Waals surface area contributed by atoms with Crippen LogP contribution < -0.4 is 10.4 Å². The van der Waals surface area contributed by atoms with Crippen molar-refractivity contribution in [3.8, 4) is 0 Å². The summed E-state index contributed by atoms with van der Waals surface area (Å²) in [4.78, 5) is 12.4.